The fourth-order valence-electron chi connectivity index (χ4n) is 5.16. The third-order valence-corrected chi connectivity index (χ3v) is 10.8. The lowest BCUT2D eigenvalue weighted by Crippen LogP contribution is -2.08. The van der Waals surface area contributed by atoms with E-state index in [9.17, 15) is 14.4 Å². The Bertz CT molecular complexity index is 2240. The van der Waals surface area contributed by atoms with Crippen molar-refractivity contribution in [3.05, 3.63) is 144 Å². The van der Waals surface area contributed by atoms with Crippen LogP contribution in [0.5, 0.6) is 51.7 Å². The zero-order valence-corrected chi connectivity index (χ0v) is 39.3. The largest absolute Gasteiger partial charge is 0.530 e. The standard InChI is InChI=1S/C41H40O13P2S.2C3H6/c1-26-8-12-33(37(16-26)45-3)50-55(51-34-13-9-28(22-42)18-38(34)46-4)49-25-31-21-32(57-7)17-27(2)41(31)54-56(52-35-14-10-29(23-43)19-39(35)47-5)53-36-15-11-30(24-44)20-40(36)48-6;2*1-3-2/h8-24H,25H2,1-7H3;2*3H,1H2,2H3. The molecule has 0 saturated carbocycles. The second-order valence-electron chi connectivity index (χ2n) is 12.7. The third kappa shape index (κ3) is 15.4. The van der Waals surface area contributed by atoms with Crippen molar-refractivity contribution in [1.82, 2.24) is 0 Å². The van der Waals surface area contributed by atoms with Gasteiger partial charge in [0.05, 0.1) is 35.0 Å². The van der Waals surface area contributed by atoms with Gasteiger partial charge in [0.25, 0.3) is 0 Å². The predicted octanol–water partition coefficient (Wildman–Crippen LogP) is 12.5. The van der Waals surface area contributed by atoms with Crippen LogP contribution in [0.2, 0.25) is 0 Å². The van der Waals surface area contributed by atoms with Gasteiger partial charge in [0, 0.05) is 27.1 Å². The molecule has 0 N–H and O–H groups in total. The number of aldehydes is 3. The van der Waals surface area contributed by atoms with Crippen LogP contribution >= 0.6 is 29.0 Å². The summed E-state index contributed by atoms with van der Waals surface area (Å²) < 4.78 is 60.5. The number of carbonyl (C=O) groups is 3. The second-order valence-corrected chi connectivity index (χ2v) is 15.6. The van der Waals surface area contributed by atoms with E-state index in [-0.39, 0.29) is 35.4 Å². The van der Waals surface area contributed by atoms with Crippen LogP contribution in [-0.2, 0) is 11.1 Å². The van der Waals surface area contributed by atoms with E-state index in [0.29, 0.717) is 64.1 Å². The van der Waals surface area contributed by atoms with Gasteiger partial charge in [-0.25, -0.2) is 0 Å². The molecule has 0 saturated heterocycles. The molecule has 0 aliphatic carbocycles. The number of hydrogen-bond donors (Lipinski definition) is 0. The highest BCUT2D eigenvalue weighted by atomic mass is 32.2. The molecule has 0 aliphatic heterocycles. The molecule has 0 heterocycles. The summed E-state index contributed by atoms with van der Waals surface area (Å²) in [7, 11) is 1.32. The van der Waals surface area contributed by atoms with Crippen molar-refractivity contribution in [2.75, 3.05) is 34.7 Å². The molecular weight excluding hydrogens is 867 g/mol. The summed E-state index contributed by atoms with van der Waals surface area (Å²) >= 11 is 1.52. The topological polar surface area (TPSA) is 144 Å². The van der Waals surface area contributed by atoms with E-state index in [2.05, 4.69) is 13.2 Å². The van der Waals surface area contributed by atoms with Crippen molar-refractivity contribution in [3.8, 4) is 51.7 Å². The summed E-state index contributed by atoms with van der Waals surface area (Å²) in [5, 5.41) is 0. The minimum atomic E-state index is -2.35. The zero-order valence-electron chi connectivity index (χ0n) is 36.7. The van der Waals surface area contributed by atoms with E-state index < -0.39 is 17.2 Å². The molecule has 0 spiro atoms. The number of allylic oxidation sites excluding steroid dienone is 2. The van der Waals surface area contributed by atoms with Crippen LogP contribution in [0.4, 0.5) is 0 Å². The maximum atomic E-state index is 11.5. The van der Waals surface area contributed by atoms with Gasteiger partial charge in [-0.2, -0.15) is 0 Å². The van der Waals surface area contributed by atoms with Gasteiger partial charge in [0.1, 0.15) is 24.6 Å². The number of methoxy groups -OCH3 is 4. The van der Waals surface area contributed by atoms with Crippen LogP contribution in [0.3, 0.4) is 0 Å². The molecule has 0 radical (unpaired) electrons. The molecule has 0 aromatic heterocycles. The monoisotopic (exact) mass is 918 g/mol. The Morgan fingerprint density at radius 3 is 1.29 bits per heavy atom. The Hall–Kier alpha value is -6.04. The number of ether oxygens (including phenoxy) is 4. The number of benzene rings is 5. The van der Waals surface area contributed by atoms with Gasteiger partial charge in [0.15, 0.2) is 46.0 Å². The van der Waals surface area contributed by atoms with Crippen LogP contribution in [0, 0.1) is 13.8 Å². The molecule has 63 heavy (non-hydrogen) atoms. The Balaban J connectivity index is 0.00000166. The maximum absolute atomic E-state index is 11.5. The molecule has 0 amide bonds. The van der Waals surface area contributed by atoms with Crippen molar-refractivity contribution in [1.29, 1.82) is 0 Å². The Morgan fingerprint density at radius 1 is 0.524 bits per heavy atom. The summed E-state index contributed by atoms with van der Waals surface area (Å²) in [6.45, 7) is 14.2. The summed E-state index contributed by atoms with van der Waals surface area (Å²) in [5.41, 5.74) is 3.42. The van der Waals surface area contributed by atoms with E-state index in [4.69, 9.17) is 46.1 Å². The number of carbonyl (C=O) groups excluding carboxylic acids is 3. The first kappa shape index (κ1) is 51.3. The number of aryl methyl sites for hydroxylation is 2. The lowest BCUT2D eigenvalue weighted by atomic mass is 10.1. The highest BCUT2D eigenvalue weighted by Crippen LogP contribution is 2.51. The number of thioether (sulfide) groups is 1. The van der Waals surface area contributed by atoms with E-state index in [1.54, 1.807) is 60.7 Å². The van der Waals surface area contributed by atoms with Gasteiger partial charge in [0.2, 0.25) is 0 Å². The lowest BCUT2D eigenvalue weighted by Gasteiger charge is -2.24. The van der Waals surface area contributed by atoms with Crippen molar-refractivity contribution in [3.63, 3.8) is 0 Å². The Morgan fingerprint density at radius 2 is 0.905 bits per heavy atom. The van der Waals surface area contributed by atoms with Crippen LogP contribution < -0.4 is 41.6 Å². The fourth-order valence-corrected chi connectivity index (χ4v) is 7.87. The van der Waals surface area contributed by atoms with Crippen molar-refractivity contribution in [2.24, 2.45) is 0 Å². The van der Waals surface area contributed by atoms with Crippen LogP contribution in [0.1, 0.15) is 61.6 Å². The molecule has 0 aliphatic rings. The van der Waals surface area contributed by atoms with E-state index in [0.717, 1.165) is 16.0 Å². The van der Waals surface area contributed by atoms with Gasteiger partial charge in [-0.15, -0.1) is 24.9 Å². The van der Waals surface area contributed by atoms with Crippen LogP contribution in [-0.4, -0.2) is 53.6 Å². The van der Waals surface area contributed by atoms with E-state index in [1.807, 2.05) is 58.2 Å². The minimum Gasteiger partial charge on any atom is -0.493 e. The molecule has 0 fully saturated rings. The first-order valence-electron chi connectivity index (χ1n) is 19.0. The normalized spacial score (nSPS) is 10.6. The minimum absolute atomic E-state index is 0.0862. The summed E-state index contributed by atoms with van der Waals surface area (Å²) in [6.07, 6.45) is 7.54. The predicted molar refractivity (Wildman–Crippen MR) is 249 cm³/mol. The molecule has 16 heteroatoms. The lowest BCUT2D eigenvalue weighted by molar-refractivity contribution is 0.111. The average Bonchev–Trinajstić information content (AvgIpc) is 3.30. The van der Waals surface area contributed by atoms with Crippen molar-refractivity contribution in [2.45, 2.75) is 39.2 Å². The molecular formula is C47H52O13P2S. The number of rotatable bonds is 21. The molecule has 1 atom stereocenters. The summed E-state index contributed by atoms with van der Waals surface area (Å²) in [4.78, 5) is 35.5. The van der Waals surface area contributed by atoms with Crippen molar-refractivity contribution >= 4 is 47.8 Å². The molecule has 13 nitrogen and oxygen atoms in total. The molecule has 5 aromatic carbocycles. The third-order valence-electron chi connectivity index (χ3n) is 8.03. The molecule has 1 unspecified atom stereocenters. The van der Waals surface area contributed by atoms with Crippen LogP contribution in [0.25, 0.3) is 0 Å². The van der Waals surface area contributed by atoms with Crippen LogP contribution in [0.15, 0.2) is 115 Å². The highest BCUT2D eigenvalue weighted by molar-refractivity contribution is 7.98. The smallest absolute Gasteiger partial charge is 0.493 e. The van der Waals surface area contributed by atoms with E-state index in [1.165, 1.54) is 52.3 Å². The molecule has 0 bridgehead atoms. The first-order valence-corrected chi connectivity index (χ1v) is 22.4. The summed E-state index contributed by atoms with van der Waals surface area (Å²) in [6, 6.07) is 23.4. The summed E-state index contributed by atoms with van der Waals surface area (Å²) in [5.74, 6) is 2.80. The van der Waals surface area contributed by atoms with E-state index >= 15 is 0 Å². The Kier molecular flexibility index (Phi) is 22.1. The van der Waals surface area contributed by atoms with Crippen molar-refractivity contribution < 1.29 is 60.5 Å². The quantitative estimate of drug-likeness (QED) is 0.0298. The SMILES string of the molecule is C=CC.C=CC.COc1cc(C)ccc1OP(OCc1cc(SC)cc(C)c1OP(Oc1ccc(C=O)cc1OC)Oc1ccc(C=O)cc1OC)Oc1ccc(C=O)cc1OC. The highest BCUT2D eigenvalue weighted by Gasteiger charge is 2.28. The first-order chi connectivity index (χ1) is 30.5. The van der Waals surface area contributed by atoms with Gasteiger partial charge in [-0.05, 0) is 124 Å². The van der Waals surface area contributed by atoms with Gasteiger partial charge >= 0.3 is 17.2 Å². The maximum Gasteiger partial charge on any atom is 0.530 e. The second kappa shape index (κ2) is 27.1. The Labute approximate surface area is 376 Å². The number of hydrogen-bond acceptors (Lipinski definition) is 14. The molecule has 5 rings (SSSR count). The van der Waals surface area contributed by atoms with Gasteiger partial charge in [-0.3, -0.25) is 18.9 Å². The fraction of sp³-hybridized carbons (Fsp3) is 0.213. The van der Waals surface area contributed by atoms with Gasteiger partial charge in [-0.1, -0.05) is 18.2 Å². The average molecular weight is 919 g/mol. The zero-order chi connectivity index (χ0) is 46.3. The molecule has 5 aromatic rings. The van der Waals surface area contributed by atoms with Gasteiger partial charge < -0.3 is 41.6 Å². The molecule has 334 valence electrons.